The predicted octanol–water partition coefficient (Wildman–Crippen LogP) is 5.36. The molecule has 5 rings (SSSR count). The van der Waals surface area contributed by atoms with Crippen LogP contribution in [0.2, 0.25) is 0 Å². The van der Waals surface area contributed by atoms with Gasteiger partial charge >= 0.3 is 12.4 Å². The molecule has 41 heavy (non-hydrogen) atoms. The van der Waals surface area contributed by atoms with Crippen molar-refractivity contribution in [2.24, 2.45) is 4.99 Å². The average Bonchev–Trinajstić information content (AvgIpc) is 3.49. The molecule has 0 atom stereocenters. The summed E-state index contributed by atoms with van der Waals surface area (Å²) < 4.78 is 86.3. The number of fused-ring (bicyclic) bond motifs is 1. The summed E-state index contributed by atoms with van der Waals surface area (Å²) in [4.78, 5) is 21.6. The second-order valence-corrected chi connectivity index (χ2v) is 10.6. The van der Waals surface area contributed by atoms with Gasteiger partial charge in [-0.25, -0.2) is 0 Å². The van der Waals surface area contributed by atoms with Crippen LogP contribution in [0.4, 0.5) is 26.3 Å². The first-order valence-electron chi connectivity index (χ1n) is 12.6. The first-order chi connectivity index (χ1) is 19.4. The number of benzene rings is 2. The molecule has 1 saturated heterocycles. The van der Waals surface area contributed by atoms with Crippen LogP contribution < -0.4 is 0 Å². The summed E-state index contributed by atoms with van der Waals surface area (Å²) in [5.74, 6) is -0.343. The number of hydrogen-bond donors (Lipinski definition) is 0. The van der Waals surface area contributed by atoms with Gasteiger partial charge in [0.15, 0.2) is 5.17 Å². The van der Waals surface area contributed by atoms with Crippen LogP contribution >= 0.6 is 11.8 Å². The summed E-state index contributed by atoms with van der Waals surface area (Å²) in [6.07, 6.45) is -6.70. The Hall–Kier alpha value is -3.36. The molecular formula is C27H25F6N5O2S. The van der Waals surface area contributed by atoms with Gasteiger partial charge in [0.25, 0.3) is 5.91 Å². The highest BCUT2D eigenvalue weighted by Gasteiger charge is 2.38. The van der Waals surface area contributed by atoms with Crippen LogP contribution in [0.5, 0.6) is 0 Å². The van der Waals surface area contributed by atoms with E-state index >= 15 is 0 Å². The molecule has 14 heteroatoms. The summed E-state index contributed by atoms with van der Waals surface area (Å²) in [6, 6.07) is 6.68. The molecule has 2 aromatic carbocycles. The fourth-order valence-electron chi connectivity index (χ4n) is 4.71. The van der Waals surface area contributed by atoms with E-state index in [1.807, 2.05) is 0 Å². The quantitative estimate of drug-likeness (QED) is 0.282. The third-order valence-corrected chi connectivity index (χ3v) is 7.93. The zero-order chi connectivity index (χ0) is 29.4. The topological polar surface area (TPSA) is 63.0 Å². The number of alkyl halides is 6. The molecule has 0 radical (unpaired) electrons. The van der Waals surface area contributed by atoms with Gasteiger partial charge in [0.1, 0.15) is 0 Å². The predicted molar refractivity (Wildman–Crippen MR) is 143 cm³/mol. The summed E-state index contributed by atoms with van der Waals surface area (Å²) in [5.41, 5.74) is -1.89. The number of methoxy groups -OCH3 is 1. The van der Waals surface area contributed by atoms with E-state index in [4.69, 9.17) is 4.74 Å². The Balaban J connectivity index is 1.30. The zero-order valence-corrected chi connectivity index (χ0v) is 22.6. The number of amidine groups is 1. The minimum Gasteiger partial charge on any atom is -0.383 e. The van der Waals surface area contributed by atoms with Crippen LogP contribution in [0.15, 0.2) is 52.5 Å². The Morgan fingerprint density at radius 2 is 1.76 bits per heavy atom. The Labute approximate surface area is 235 Å². The smallest absolute Gasteiger partial charge is 0.383 e. The lowest BCUT2D eigenvalue weighted by atomic mass is 10.0. The van der Waals surface area contributed by atoms with Gasteiger partial charge in [-0.05, 0) is 53.2 Å². The number of halogens is 6. The number of carbonyl (C=O) groups excluding carboxylic acids is 1. The molecular weight excluding hydrogens is 572 g/mol. The maximum Gasteiger partial charge on any atom is 0.416 e. The molecule has 0 aliphatic carbocycles. The maximum absolute atomic E-state index is 13.6. The lowest BCUT2D eigenvalue weighted by molar-refractivity contribution is -0.143. The van der Waals surface area contributed by atoms with Crippen LogP contribution in [0.1, 0.15) is 22.3 Å². The van der Waals surface area contributed by atoms with Crippen LogP contribution in [-0.2, 0) is 28.4 Å². The normalized spacial score (nSPS) is 18.1. The van der Waals surface area contributed by atoms with Crippen molar-refractivity contribution in [3.8, 4) is 0 Å². The first-order valence-corrected chi connectivity index (χ1v) is 13.5. The number of aliphatic imine (C=N–C) groups is 1. The highest BCUT2D eigenvalue weighted by molar-refractivity contribution is 8.18. The summed E-state index contributed by atoms with van der Waals surface area (Å²) in [5, 5.41) is 5.42. The van der Waals surface area contributed by atoms with Crippen LogP contribution in [0.25, 0.3) is 17.0 Å². The Bertz CT molecular complexity index is 1510. The van der Waals surface area contributed by atoms with Gasteiger partial charge in [0.2, 0.25) is 0 Å². The molecule has 3 heterocycles. The van der Waals surface area contributed by atoms with Gasteiger partial charge in [-0.3, -0.25) is 14.4 Å². The number of piperazine rings is 1. The summed E-state index contributed by atoms with van der Waals surface area (Å²) in [7, 11) is 1.67. The zero-order valence-electron chi connectivity index (χ0n) is 21.8. The molecule has 1 aromatic heterocycles. The largest absolute Gasteiger partial charge is 0.416 e. The minimum absolute atomic E-state index is 0.124. The number of ether oxygens (including phenoxy) is 1. The third-order valence-electron chi connectivity index (χ3n) is 6.89. The molecule has 1 fully saturated rings. The van der Waals surface area contributed by atoms with Crippen molar-refractivity contribution in [1.29, 1.82) is 0 Å². The van der Waals surface area contributed by atoms with Gasteiger partial charge in [-0.15, -0.1) is 0 Å². The van der Waals surface area contributed by atoms with Gasteiger partial charge in [0, 0.05) is 45.2 Å². The molecule has 218 valence electrons. The molecule has 2 aliphatic rings. The molecule has 0 saturated carbocycles. The average molecular weight is 598 g/mol. The van der Waals surface area contributed by atoms with E-state index in [1.165, 1.54) is 22.6 Å². The van der Waals surface area contributed by atoms with Crippen LogP contribution in [0.3, 0.4) is 0 Å². The first kappa shape index (κ1) is 29.1. The van der Waals surface area contributed by atoms with Crippen LogP contribution in [-0.4, -0.2) is 77.1 Å². The number of thioether (sulfide) groups is 1. The maximum atomic E-state index is 13.6. The summed E-state index contributed by atoms with van der Waals surface area (Å²) in [6.45, 7) is 4.31. The third kappa shape index (κ3) is 6.60. The standard InChI is InChI=1S/C27H25F6N5O2S/c1-40-11-10-36-6-8-37(9-7-36)25-35-24(39)23(41-25)13-17-2-5-22-19(12-17)15-34-38(22)16-18-3-4-20(26(28,29)30)14-21(18)27(31,32)33/h2-5,12-15H,6-11,16H2,1H3. The Kier molecular flexibility index (Phi) is 8.17. The number of nitrogens with zero attached hydrogens (tertiary/aromatic N) is 5. The number of amides is 1. The van der Waals surface area contributed by atoms with E-state index in [0.29, 0.717) is 39.2 Å². The fraction of sp³-hybridized carbons (Fsp3) is 0.370. The van der Waals surface area contributed by atoms with Crippen molar-refractivity contribution in [1.82, 2.24) is 19.6 Å². The van der Waals surface area contributed by atoms with E-state index in [9.17, 15) is 31.1 Å². The van der Waals surface area contributed by atoms with Gasteiger partial charge < -0.3 is 9.64 Å². The molecule has 0 N–H and O–H groups in total. The fourth-order valence-corrected chi connectivity index (χ4v) is 5.67. The lowest BCUT2D eigenvalue weighted by Crippen LogP contribution is -2.48. The van der Waals surface area contributed by atoms with Gasteiger partial charge in [-0.1, -0.05) is 12.1 Å². The van der Waals surface area contributed by atoms with Gasteiger partial charge in [0.05, 0.1) is 40.9 Å². The highest BCUT2D eigenvalue weighted by atomic mass is 32.2. The van der Waals surface area contributed by atoms with Crippen molar-refractivity contribution < 1.29 is 35.9 Å². The molecule has 3 aromatic rings. The second-order valence-electron chi connectivity index (χ2n) is 9.62. The SMILES string of the molecule is COCCN1CCN(C2=NC(=O)C(=Cc3ccc4c(cnn4Cc4ccc(C(F)(F)F)cc4C(F)(F)F)c3)S2)CC1. The molecule has 0 spiro atoms. The Morgan fingerprint density at radius 3 is 2.44 bits per heavy atom. The minimum atomic E-state index is -4.97. The van der Waals surface area contributed by atoms with E-state index in [-0.39, 0.29) is 24.1 Å². The number of aromatic nitrogens is 2. The number of rotatable bonds is 6. The van der Waals surface area contributed by atoms with Gasteiger partial charge in [-0.2, -0.15) is 36.4 Å². The highest BCUT2D eigenvalue weighted by Crippen LogP contribution is 2.38. The van der Waals surface area contributed by atoms with E-state index in [0.717, 1.165) is 38.8 Å². The lowest BCUT2D eigenvalue weighted by Gasteiger charge is -2.35. The summed E-state index contributed by atoms with van der Waals surface area (Å²) >= 11 is 1.30. The van der Waals surface area contributed by atoms with E-state index < -0.39 is 23.5 Å². The molecule has 0 bridgehead atoms. The van der Waals surface area contributed by atoms with Crippen molar-refractivity contribution in [2.75, 3.05) is 46.4 Å². The molecule has 1 amide bonds. The van der Waals surface area contributed by atoms with E-state index in [2.05, 4.69) is 19.9 Å². The molecule has 7 nitrogen and oxygen atoms in total. The number of carbonyl (C=O) groups is 1. The van der Waals surface area contributed by atoms with Crippen LogP contribution in [0, 0.1) is 0 Å². The Morgan fingerprint density at radius 1 is 1.00 bits per heavy atom. The van der Waals surface area contributed by atoms with Crippen molar-refractivity contribution in [2.45, 2.75) is 18.9 Å². The monoisotopic (exact) mass is 597 g/mol. The number of hydrogen-bond acceptors (Lipinski definition) is 6. The van der Waals surface area contributed by atoms with Crippen molar-refractivity contribution in [3.05, 3.63) is 69.8 Å². The molecule has 0 unspecified atom stereocenters. The molecule has 2 aliphatic heterocycles. The van der Waals surface area contributed by atoms with E-state index in [1.54, 1.807) is 31.4 Å². The van der Waals surface area contributed by atoms with Crippen molar-refractivity contribution >= 4 is 39.8 Å². The van der Waals surface area contributed by atoms with Crippen molar-refractivity contribution in [3.63, 3.8) is 0 Å². The second kappa shape index (κ2) is 11.5.